The summed E-state index contributed by atoms with van der Waals surface area (Å²) in [6.07, 6.45) is 3.18. The number of alkyl halides is 2. The van der Waals surface area contributed by atoms with Crippen LogP contribution in [0, 0.1) is 12.7 Å². The van der Waals surface area contributed by atoms with Gasteiger partial charge >= 0.3 is 6.61 Å². The molecule has 0 bridgehead atoms. The number of ether oxygens (including phenoxy) is 2. The fraction of sp³-hybridized carbons (Fsp3) is 0.158. The summed E-state index contributed by atoms with van der Waals surface area (Å²) in [6, 6.07) is 7.99. The predicted molar refractivity (Wildman–Crippen MR) is 95.8 cm³/mol. The third kappa shape index (κ3) is 4.08. The zero-order valence-electron chi connectivity index (χ0n) is 14.9. The summed E-state index contributed by atoms with van der Waals surface area (Å²) in [5.74, 6) is -0.705. The van der Waals surface area contributed by atoms with E-state index >= 15 is 0 Å². The van der Waals surface area contributed by atoms with Gasteiger partial charge in [0.05, 0.1) is 12.8 Å². The van der Waals surface area contributed by atoms with Gasteiger partial charge in [0.15, 0.2) is 11.5 Å². The van der Waals surface area contributed by atoms with Crippen molar-refractivity contribution in [2.75, 3.05) is 12.4 Å². The molecule has 28 heavy (non-hydrogen) atoms. The van der Waals surface area contributed by atoms with Crippen molar-refractivity contribution in [2.24, 2.45) is 0 Å². The number of carbonyl (C=O) groups excluding carboxylic acids is 1. The average molecular weight is 391 g/mol. The van der Waals surface area contributed by atoms with E-state index in [1.54, 1.807) is 30.0 Å². The molecule has 0 spiro atoms. The molecule has 6 nitrogen and oxygen atoms in total. The molecule has 0 aliphatic rings. The van der Waals surface area contributed by atoms with Gasteiger partial charge in [-0.2, -0.15) is 8.78 Å². The zero-order valence-corrected chi connectivity index (χ0v) is 14.9. The molecular weight excluding hydrogens is 375 g/mol. The number of hydrogen-bond acceptors (Lipinski definition) is 4. The Balaban J connectivity index is 1.79. The first-order chi connectivity index (χ1) is 13.4. The second-order valence-electron chi connectivity index (χ2n) is 5.71. The van der Waals surface area contributed by atoms with Crippen molar-refractivity contribution in [1.29, 1.82) is 0 Å². The zero-order chi connectivity index (χ0) is 20.3. The predicted octanol–water partition coefficient (Wildman–Crippen LogP) is 4.18. The lowest BCUT2D eigenvalue weighted by Crippen LogP contribution is -2.13. The maximum absolute atomic E-state index is 14.4. The van der Waals surface area contributed by atoms with Gasteiger partial charge in [-0.15, -0.1) is 0 Å². The van der Waals surface area contributed by atoms with Gasteiger partial charge < -0.3 is 19.4 Å². The first kappa shape index (κ1) is 19.3. The van der Waals surface area contributed by atoms with Crippen molar-refractivity contribution in [3.63, 3.8) is 0 Å². The Hall–Kier alpha value is -3.49. The fourth-order valence-electron chi connectivity index (χ4n) is 2.62. The van der Waals surface area contributed by atoms with Crippen LogP contribution in [0.3, 0.4) is 0 Å². The van der Waals surface area contributed by atoms with Crippen LogP contribution in [0.15, 0.2) is 48.8 Å². The lowest BCUT2D eigenvalue weighted by Gasteiger charge is -2.12. The van der Waals surface area contributed by atoms with E-state index in [4.69, 9.17) is 4.74 Å². The van der Waals surface area contributed by atoms with E-state index in [2.05, 4.69) is 15.0 Å². The number of benzene rings is 2. The summed E-state index contributed by atoms with van der Waals surface area (Å²) < 4.78 is 50.1. The molecule has 3 aromatic rings. The number of aromatic nitrogens is 2. The second kappa shape index (κ2) is 8.03. The average Bonchev–Trinajstić information content (AvgIpc) is 3.07. The number of amides is 1. The summed E-state index contributed by atoms with van der Waals surface area (Å²) in [4.78, 5) is 16.4. The number of rotatable bonds is 6. The summed E-state index contributed by atoms with van der Waals surface area (Å²) in [6.45, 7) is -1.28. The number of aryl methyl sites for hydroxylation is 1. The normalized spacial score (nSPS) is 10.8. The standard InChI is InChI=1S/C19H16F3N3O3/c1-11-23-7-8-25(11)15-5-4-13(10-14(15)20)24-18(26)12-3-6-16(28-19(21)22)17(9-12)27-2/h3-10,19H,1-2H3,(H,24,26). The van der Waals surface area contributed by atoms with E-state index in [0.29, 0.717) is 11.5 Å². The van der Waals surface area contributed by atoms with Crippen LogP contribution >= 0.6 is 0 Å². The van der Waals surface area contributed by atoms with Crippen LogP contribution in [0.5, 0.6) is 11.5 Å². The largest absolute Gasteiger partial charge is 0.493 e. The number of halogens is 3. The van der Waals surface area contributed by atoms with Crippen molar-refractivity contribution in [3.8, 4) is 17.2 Å². The molecule has 1 amide bonds. The van der Waals surface area contributed by atoms with Crippen LogP contribution in [0.1, 0.15) is 16.2 Å². The van der Waals surface area contributed by atoms with Crippen LogP contribution in [0.4, 0.5) is 18.9 Å². The van der Waals surface area contributed by atoms with Gasteiger partial charge in [0.2, 0.25) is 0 Å². The van der Waals surface area contributed by atoms with Crippen LogP contribution in [-0.4, -0.2) is 29.2 Å². The molecule has 0 aliphatic carbocycles. The van der Waals surface area contributed by atoms with E-state index in [1.807, 2.05) is 0 Å². The van der Waals surface area contributed by atoms with Gasteiger partial charge in [-0.3, -0.25) is 4.79 Å². The topological polar surface area (TPSA) is 65.4 Å². The van der Waals surface area contributed by atoms with Gasteiger partial charge in [-0.25, -0.2) is 9.37 Å². The Labute approximate surface area is 158 Å². The number of imidazole rings is 1. The highest BCUT2D eigenvalue weighted by Gasteiger charge is 2.15. The summed E-state index contributed by atoms with van der Waals surface area (Å²) in [5.41, 5.74) is 0.660. The van der Waals surface area contributed by atoms with Crippen molar-refractivity contribution in [3.05, 3.63) is 66.0 Å². The van der Waals surface area contributed by atoms with Gasteiger partial charge in [0.1, 0.15) is 11.6 Å². The van der Waals surface area contributed by atoms with E-state index < -0.39 is 18.3 Å². The lowest BCUT2D eigenvalue weighted by atomic mass is 10.1. The lowest BCUT2D eigenvalue weighted by molar-refractivity contribution is -0.0512. The summed E-state index contributed by atoms with van der Waals surface area (Å²) in [7, 11) is 1.27. The van der Waals surface area contributed by atoms with Crippen LogP contribution in [0.2, 0.25) is 0 Å². The SMILES string of the molecule is COc1cc(C(=O)Nc2ccc(-n3ccnc3C)c(F)c2)ccc1OC(F)F. The summed E-state index contributed by atoms with van der Waals surface area (Å²) in [5, 5.41) is 2.55. The van der Waals surface area contributed by atoms with E-state index in [-0.39, 0.29) is 22.7 Å². The Morgan fingerprint density at radius 3 is 2.57 bits per heavy atom. The third-order valence-corrected chi connectivity index (χ3v) is 3.93. The molecule has 0 aliphatic heterocycles. The molecule has 1 aromatic heterocycles. The highest BCUT2D eigenvalue weighted by atomic mass is 19.3. The van der Waals surface area contributed by atoms with Crippen LogP contribution in [-0.2, 0) is 0 Å². The van der Waals surface area contributed by atoms with Crippen LogP contribution < -0.4 is 14.8 Å². The van der Waals surface area contributed by atoms with Crippen molar-refractivity contribution >= 4 is 11.6 Å². The van der Waals surface area contributed by atoms with Crippen LogP contribution in [0.25, 0.3) is 5.69 Å². The molecule has 1 heterocycles. The number of nitrogens with one attached hydrogen (secondary N) is 1. The third-order valence-electron chi connectivity index (χ3n) is 3.93. The van der Waals surface area contributed by atoms with Crippen molar-refractivity contribution in [1.82, 2.24) is 9.55 Å². The van der Waals surface area contributed by atoms with E-state index in [0.717, 1.165) is 0 Å². The number of hydrogen-bond donors (Lipinski definition) is 1. The highest BCUT2D eigenvalue weighted by molar-refractivity contribution is 6.04. The molecular formula is C19H16F3N3O3. The fourth-order valence-corrected chi connectivity index (χ4v) is 2.62. The first-order valence-corrected chi connectivity index (χ1v) is 8.13. The van der Waals surface area contributed by atoms with E-state index in [9.17, 15) is 18.0 Å². The first-order valence-electron chi connectivity index (χ1n) is 8.13. The molecule has 9 heteroatoms. The highest BCUT2D eigenvalue weighted by Crippen LogP contribution is 2.30. The Morgan fingerprint density at radius 2 is 1.96 bits per heavy atom. The number of carbonyl (C=O) groups is 1. The maximum Gasteiger partial charge on any atom is 0.387 e. The number of methoxy groups -OCH3 is 1. The minimum absolute atomic E-state index is 0.0231. The Bertz CT molecular complexity index is 1010. The smallest absolute Gasteiger partial charge is 0.387 e. The molecule has 3 rings (SSSR count). The Morgan fingerprint density at radius 1 is 1.18 bits per heavy atom. The maximum atomic E-state index is 14.4. The van der Waals surface area contributed by atoms with E-state index in [1.165, 1.54) is 37.4 Å². The Kier molecular flexibility index (Phi) is 5.53. The molecule has 1 N–H and O–H groups in total. The molecule has 0 atom stereocenters. The van der Waals surface area contributed by atoms with Gasteiger partial charge in [-0.05, 0) is 43.3 Å². The molecule has 2 aromatic carbocycles. The molecule has 0 unspecified atom stereocenters. The molecule has 0 saturated heterocycles. The van der Waals surface area contributed by atoms with Gasteiger partial charge in [-0.1, -0.05) is 0 Å². The molecule has 0 fully saturated rings. The van der Waals surface area contributed by atoms with Crippen molar-refractivity contribution in [2.45, 2.75) is 13.5 Å². The molecule has 146 valence electrons. The monoisotopic (exact) mass is 391 g/mol. The second-order valence-corrected chi connectivity index (χ2v) is 5.71. The van der Waals surface area contributed by atoms with Gasteiger partial charge in [0.25, 0.3) is 5.91 Å². The quantitative estimate of drug-likeness (QED) is 0.685. The minimum Gasteiger partial charge on any atom is -0.493 e. The molecule has 0 radical (unpaired) electrons. The minimum atomic E-state index is -3.02. The number of anilines is 1. The summed E-state index contributed by atoms with van der Waals surface area (Å²) >= 11 is 0. The molecule has 0 saturated carbocycles. The van der Waals surface area contributed by atoms with Crippen molar-refractivity contribution < 1.29 is 27.4 Å². The van der Waals surface area contributed by atoms with Gasteiger partial charge in [0, 0.05) is 23.6 Å². The number of nitrogens with zero attached hydrogens (tertiary/aromatic N) is 2.